The van der Waals surface area contributed by atoms with Gasteiger partial charge in [-0.25, -0.2) is 4.98 Å². The maximum Gasteiger partial charge on any atom is 0.495 e. The fraction of sp³-hybridized carbons (Fsp3) is 0.667. The largest absolute Gasteiger partial charge is 0.495 e. The molecule has 0 atom stereocenters. The number of aromatic nitrogens is 1. The molecule has 1 saturated carbocycles. The highest BCUT2D eigenvalue weighted by atomic mass is 19.1. The molecule has 0 bridgehead atoms. The highest BCUT2D eigenvalue weighted by molar-refractivity contribution is 6.62. The van der Waals surface area contributed by atoms with Crippen LogP contribution in [0.15, 0.2) is 12.3 Å². The quantitative estimate of drug-likeness (QED) is 0.615. The molecule has 3 nitrogen and oxygen atoms in total. The Labute approximate surface area is 120 Å². The van der Waals surface area contributed by atoms with Crippen LogP contribution in [0, 0.1) is 5.95 Å². The van der Waals surface area contributed by atoms with Gasteiger partial charge in [-0.15, -0.1) is 0 Å². The Bertz CT molecular complexity index is 539. The molecule has 1 aromatic heterocycles. The molecule has 3 rings (SSSR count). The third-order valence-electron chi connectivity index (χ3n) is 5.05. The smallest absolute Gasteiger partial charge is 0.399 e. The van der Waals surface area contributed by atoms with E-state index in [1.807, 2.05) is 33.8 Å². The van der Waals surface area contributed by atoms with E-state index < -0.39 is 24.3 Å². The molecule has 1 aromatic rings. The van der Waals surface area contributed by atoms with Crippen LogP contribution >= 0.6 is 0 Å². The molecule has 2 fully saturated rings. The number of hydrogen-bond donors (Lipinski definition) is 0. The topological polar surface area (TPSA) is 31.4 Å². The van der Waals surface area contributed by atoms with Gasteiger partial charge in [-0.2, -0.15) is 4.39 Å². The van der Waals surface area contributed by atoms with Crippen LogP contribution in [0.25, 0.3) is 0 Å². The lowest BCUT2D eigenvalue weighted by molar-refractivity contribution is 0.00578. The molecule has 1 saturated heterocycles. The maximum absolute atomic E-state index is 14.2. The second kappa shape index (κ2) is 4.04. The molecule has 2 aliphatic rings. The van der Waals surface area contributed by atoms with Gasteiger partial charge in [-0.1, -0.05) is 6.92 Å². The van der Waals surface area contributed by atoms with Crippen LogP contribution in [-0.4, -0.2) is 23.3 Å². The van der Waals surface area contributed by atoms with Crippen LogP contribution in [0.1, 0.15) is 53.0 Å². The van der Waals surface area contributed by atoms with Gasteiger partial charge in [0, 0.05) is 11.8 Å². The summed E-state index contributed by atoms with van der Waals surface area (Å²) in [6, 6.07) is 1.82. The van der Waals surface area contributed by atoms with Crippen LogP contribution in [0.4, 0.5) is 4.39 Å². The zero-order valence-corrected chi connectivity index (χ0v) is 12.8. The Balaban J connectivity index is 2.03. The van der Waals surface area contributed by atoms with Crippen molar-refractivity contribution >= 4 is 12.6 Å². The van der Waals surface area contributed by atoms with Crippen molar-refractivity contribution in [3.8, 4) is 0 Å². The van der Waals surface area contributed by atoms with Gasteiger partial charge < -0.3 is 9.31 Å². The predicted molar refractivity (Wildman–Crippen MR) is 76.5 cm³/mol. The van der Waals surface area contributed by atoms with E-state index in [0.717, 1.165) is 18.3 Å². The molecule has 0 radical (unpaired) electrons. The van der Waals surface area contributed by atoms with Gasteiger partial charge >= 0.3 is 7.12 Å². The molecule has 5 heteroatoms. The molecule has 0 spiro atoms. The van der Waals surface area contributed by atoms with Gasteiger partial charge in [0.15, 0.2) is 0 Å². The normalized spacial score (nSPS) is 25.8. The van der Waals surface area contributed by atoms with Gasteiger partial charge in [-0.3, -0.25) is 0 Å². The van der Waals surface area contributed by atoms with Crippen molar-refractivity contribution < 1.29 is 13.7 Å². The van der Waals surface area contributed by atoms with Crippen LogP contribution in [0.2, 0.25) is 0 Å². The Morgan fingerprint density at radius 2 is 1.65 bits per heavy atom. The van der Waals surface area contributed by atoms with Crippen molar-refractivity contribution in [2.75, 3.05) is 0 Å². The highest BCUT2D eigenvalue weighted by Crippen LogP contribution is 2.48. The maximum atomic E-state index is 14.2. The zero-order valence-electron chi connectivity index (χ0n) is 12.8. The van der Waals surface area contributed by atoms with E-state index >= 15 is 0 Å². The van der Waals surface area contributed by atoms with Crippen LogP contribution in [0.5, 0.6) is 0 Å². The second-order valence-corrected chi connectivity index (χ2v) is 7.21. The van der Waals surface area contributed by atoms with Crippen molar-refractivity contribution in [2.24, 2.45) is 0 Å². The number of halogens is 1. The third kappa shape index (κ3) is 1.99. The van der Waals surface area contributed by atoms with Gasteiger partial charge in [0.1, 0.15) is 0 Å². The van der Waals surface area contributed by atoms with E-state index in [4.69, 9.17) is 9.31 Å². The monoisotopic (exact) mass is 277 g/mol. The molecular formula is C15H21BFNO2. The second-order valence-electron chi connectivity index (χ2n) is 7.21. The minimum Gasteiger partial charge on any atom is -0.399 e. The van der Waals surface area contributed by atoms with Crippen LogP contribution < -0.4 is 5.46 Å². The van der Waals surface area contributed by atoms with Crippen molar-refractivity contribution in [2.45, 2.75) is 64.1 Å². The average Bonchev–Trinajstić information content (AvgIpc) is 3.00. The summed E-state index contributed by atoms with van der Waals surface area (Å²) in [5.41, 5.74) is 0.505. The van der Waals surface area contributed by atoms with E-state index in [1.54, 1.807) is 0 Å². The van der Waals surface area contributed by atoms with Crippen molar-refractivity contribution in [3.05, 3.63) is 23.8 Å². The number of pyridine rings is 1. The Hall–Kier alpha value is -0.935. The van der Waals surface area contributed by atoms with E-state index in [0.29, 0.717) is 5.56 Å². The number of nitrogens with zero attached hydrogens (tertiary/aromatic N) is 1. The van der Waals surface area contributed by atoms with E-state index in [1.165, 1.54) is 6.20 Å². The third-order valence-corrected chi connectivity index (χ3v) is 5.05. The molecule has 0 amide bonds. The summed E-state index contributed by atoms with van der Waals surface area (Å²) in [6.07, 6.45) is 3.47. The molecule has 20 heavy (non-hydrogen) atoms. The lowest BCUT2D eigenvalue weighted by Crippen LogP contribution is -2.41. The summed E-state index contributed by atoms with van der Waals surface area (Å²) in [6.45, 7) is 10.1. The fourth-order valence-electron chi connectivity index (χ4n) is 2.65. The molecule has 2 heterocycles. The van der Waals surface area contributed by atoms with Gasteiger partial charge in [-0.05, 0) is 57.5 Å². The lowest BCUT2D eigenvalue weighted by Gasteiger charge is -2.32. The fourth-order valence-corrected chi connectivity index (χ4v) is 2.65. The van der Waals surface area contributed by atoms with E-state index in [2.05, 4.69) is 11.9 Å². The minimum atomic E-state index is -0.523. The summed E-state index contributed by atoms with van der Waals surface area (Å²) in [4.78, 5) is 3.81. The minimum absolute atomic E-state index is 0.114. The van der Waals surface area contributed by atoms with Crippen molar-refractivity contribution in [3.63, 3.8) is 0 Å². The Kier molecular flexibility index (Phi) is 2.84. The zero-order chi connectivity index (χ0) is 14.8. The molecule has 0 N–H and O–H groups in total. The average molecular weight is 277 g/mol. The SMILES string of the molecule is CC1(c2c(B3OC(C)(C)C(C)(C)O3)ccnc2F)CC1. The Morgan fingerprint density at radius 3 is 2.15 bits per heavy atom. The standard InChI is InChI=1S/C15H21BFNO2/c1-13(2)14(3,4)20-16(19-13)10-6-9-18-12(17)11(10)15(5)7-8-15/h6,9H,7-8H2,1-5H3. The number of hydrogen-bond acceptors (Lipinski definition) is 3. The van der Waals surface area contributed by atoms with Crippen molar-refractivity contribution in [1.82, 2.24) is 4.98 Å². The lowest BCUT2D eigenvalue weighted by atomic mass is 9.73. The first kappa shape index (κ1) is 14.0. The number of rotatable bonds is 2. The molecule has 108 valence electrons. The first-order valence-electron chi connectivity index (χ1n) is 7.17. The first-order chi connectivity index (χ1) is 9.16. The van der Waals surface area contributed by atoms with E-state index in [-0.39, 0.29) is 5.41 Å². The van der Waals surface area contributed by atoms with E-state index in [9.17, 15) is 4.39 Å². The molecular weight excluding hydrogens is 256 g/mol. The van der Waals surface area contributed by atoms with Crippen molar-refractivity contribution in [1.29, 1.82) is 0 Å². The summed E-state index contributed by atoms with van der Waals surface area (Å²) in [7, 11) is -0.523. The van der Waals surface area contributed by atoms with Crippen LogP contribution in [-0.2, 0) is 14.7 Å². The molecule has 0 unspecified atom stereocenters. The Morgan fingerprint density at radius 1 is 1.10 bits per heavy atom. The highest BCUT2D eigenvalue weighted by Gasteiger charge is 2.54. The van der Waals surface area contributed by atoms with Gasteiger partial charge in [0.25, 0.3) is 0 Å². The van der Waals surface area contributed by atoms with Gasteiger partial charge in [0.2, 0.25) is 5.95 Å². The summed E-state index contributed by atoms with van der Waals surface area (Å²) in [5.74, 6) is -0.391. The molecule has 1 aliphatic carbocycles. The van der Waals surface area contributed by atoms with Gasteiger partial charge in [0.05, 0.1) is 11.2 Å². The summed E-state index contributed by atoms with van der Waals surface area (Å²) in [5, 5.41) is 0. The first-order valence-corrected chi connectivity index (χ1v) is 7.17. The predicted octanol–water partition coefficient (Wildman–Crippen LogP) is 2.57. The van der Waals surface area contributed by atoms with Crippen LogP contribution in [0.3, 0.4) is 0 Å². The summed E-state index contributed by atoms with van der Waals surface area (Å²) >= 11 is 0. The summed E-state index contributed by atoms with van der Waals surface area (Å²) < 4.78 is 26.3. The molecule has 1 aliphatic heterocycles. The molecule has 0 aromatic carbocycles.